The molecule has 1 aromatic heterocycles. The van der Waals surface area contributed by atoms with Crippen LogP contribution in [0.4, 0.5) is 10.1 Å². The molecule has 0 radical (unpaired) electrons. The topological polar surface area (TPSA) is 49.4 Å². The van der Waals surface area contributed by atoms with E-state index in [4.69, 9.17) is 9.72 Å². The first kappa shape index (κ1) is 24.0. The smallest absolute Gasteiger partial charge is 0.118 e. The Kier molecular flexibility index (Phi) is 9.26. The Morgan fingerprint density at radius 2 is 1.84 bits per heavy atom. The molecule has 0 saturated heterocycles. The zero-order chi connectivity index (χ0) is 22.8. The molecule has 2 aromatic carbocycles. The van der Waals surface area contributed by atoms with E-state index in [9.17, 15) is 4.39 Å². The standard InChI is InChI=1S/C26H35FN4O/c1-28-21(13-15-27)14-18-31(2)17-6-16-29-26-19-25(20-9-11-22(32-3)12-10-20)30-24-8-5-4-7-23(24)26/h4-5,7-12,19,21,28H,6,13-18H2,1-3H3,(H,29,30). The molecule has 3 rings (SSSR count). The van der Waals surface area contributed by atoms with Crippen LogP contribution in [0.1, 0.15) is 19.3 Å². The summed E-state index contributed by atoms with van der Waals surface area (Å²) >= 11 is 0. The average Bonchev–Trinajstić information content (AvgIpc) is 2.84. The highest BCUT2D eigenvalue weighted by Crippen LogP contribution is 2.29. The normalized spacial score (nSPS) is 12.3. The third kappa shape index (κ3) is 6.65. The van der Waals surface area contributed by atoms with Gasteiger partial charge in [0.05, 0.1) is 25.0 Å². The Bertz CT molecular complexity index is 964. The highest BCUT2D eigenvalue weighted by atomic mass is 19.1. The molecule has 1 heterocycles. The zero-order valence-electron chi connectivity index (χ0n) is 19.4. The van der Waals surface area contributed by atoms with Gasteiger partial charge in [0.25, 0.3) is 0 Å². The van der Waals surface area contributed by atoms with Crippen molar-refractivity contribution < 1.29 is 9.13 Å². The lowest BCUT2D eigenvalue weighted by Gasteiger charge is -2.21. The molecule has 1 unspecified atom stereocenters. The minimum atomic E-state index is -0.266. The lowest BCUT2D eigenvalue weighted by molar-refractivity contribution is 0.296. The molecule has 0 bridgehead atoms. The van der Waals surface area contributed by atoms with Crippen LogP contribution >= 0.6 is 0 Å². The summed E-state index contributed by atoms with van der Waals surface area (Å²) < 4.78 is 17.8. The van der Waals surface area contributed by atoms with Gasteiger partial charge in [-0.25, -0.2) is 4.98 Å². The fourth-order valence-electron chi connectivity index (χ4n) is 3.86. The van der Waals surface area contributed by atoms with Crippen LogP contribution in [-0.4, -0.2) is 63.4 Å². The van der Waals surface area contributed by atoms with Crippen molar-refractivity contribution >= 4 is 16.6 Å². The van der Waals surface area contributed by atoms with Gasteiger partial charge in [-0.15, -0.1) is 0 Å². The number of pyridine rings is 1. The van der Waals surface area contributed by atoms with Crippen LogP contribution in [0.25, 0.3) is 22.2 Å². The molecule has 0 fully saturated rings. The van der Waals surface area contributed by atoms with Crippen LogP contribution in [0.5, 0.6) is 5.75 Å². The predicted octanol–water partition coefficient (Wildman–Crippen LogP) is 4.98. The number of alkyl halides is 1. The maximum atomic E-state index is 12.6. The molecule has 3 aromatic rings. The number of nitrogens with zero attached hydrogens (tertiary/aromatic N) is 2. The van der Waals surface area contributed by atoms with Crippen molar-refractivity contribution in [1.29, 1.82) is 0 Å². The molecule has 2 N–H and O–H groups in total. The Balaban J connectivity index is 1.61. The summed E-state index contributed by atoms with van der Waals surface area (Å²) in [5, 5.41) is 7.94. The molecular weight excluding hydrogens is 403 g/mol. The second kappa shape index (κ2) is 12.4. The summed E-state index contributed by atoms with van der Waals surface area (Å²) in [5.74, 6) is 0.836. The number of fused-ring (bicyclic) bond motifs is 1. The largest absolute Gasteiger partial charge is 0.497 e. The van der Waals surface area contributed by atoms with Crippen LogP contribution in [0, 0.1) is 0 Å². The van der Waals surface area contributed by atoms with Crippen molar-refractivity contribution in [2.24, 2.45) is 0 Å². The molecule has 0 aliphatic heterocycles. The molecule has 0 amide bonds. The van der Waals surface area contributed by atoms with Crippen LogP contribution in [-0.2, 0) is 0 Å². The van der Waals surface area contributed by atoms with E-state index in [0.29, 0.717) is 6.42 Å². The predicted molar refractivity (Wildman–Crippen MR) is 132 cm³/mol. The van der Waals surface area contributed by atoms with Crippen molar-refractivity contribution in [3.8, 4) is 17.0 Å². The Morgan fingerprint density at radius 1 is 1.06 bits per heavy atom. The van der Waals surface area contributed by atoms with Crippen LogP contribution in [0.3, 0.4) is 0 Å². The number of benzene rings is 2. The highest BCUT2D eigenvalue weighted by Gasteiger charge is 2.09. The van der Waals surface area contributed by atoms with E-state index in [1.54, 1.807) is 7.11 Å². The fraction of sp³-hybridized carbons (Fsp3) is 0.423. The van der Waals surface area contributed by atoms with Crippen molar-refractivity contribution in [3.63, 3.8) is 0 Å². The number of halogens is 1. The van der Waals surface area contributed by atoms with Crippen molar-refractivity contribution in [3.05, 3.63) is 54.6 Å². The van der Waals surface area contributed by atoms with E-state index in [0.717, 1.165) is 66.1 Å². The first-order valence-electron chi connectivity index (χ1n) is 11.3. The Hall–Kier alpha value is -2.70. The molecule has 5 nitrogen and oxygen atoms in total. The monoisotopic (exact) mass is 438 g/mol. The molecular formula is C26H35FN4O. The zero-order valence-corrected chi connectivity index (χ0v) is 19.4. The van der Waals surface area contributed by atoms with E-state index in [1.165, 1.54) is 0 Å². The minimum Gasteiger partial charge on any atom is -0.497 e. The van der Waals surface area contributed by atoms with E-state index in [1.807, 2.05) is 43.4 Å². The number of para-hydroxylation sites is 1. The van der Waals surface area contributed by atoms with Gasteiger partial charge < -0.3 is 20.3 Å². The van der Waals surface area contributed by atoms with E-state index in [2.05, 4.69) is 40.8 Å². The number of hydrogen-bond donors (Lipinski definition) is 2. The van der Waals surface area contributed by atoms with Gasteiger partial charge in [-0.05, 0) is 82.8 Å². The third-order valence-electron chi connectivity index (χ3n) is 5.86. The van der Waals surface area contributed by atoms with Crippen molar-refractivity contribution in [2.75, 3.05) is 52.8 Å². The number of hydrogen-bond acceptors (Lipinski definition) is 5. The summed E-state index contributed by atoms with van der Waals surface area (Å²) in [6.45, 7) is 2.57. The van der Waals surface area contributed by atoms with Crippen LogP contribution in [0.2, 0.25) is 0 Å². The summed E-state index contributed by atoms with van der Waals surface area (Å²) in [5.41, 5.74) is 4.08. The van der Waals surface area contributed by atoms with Crippen LogP contribution in [0.15, 0.2) is 54.6 Å². The van der Waals surface area contributed by atoms with Gasteiger partial charge in [0, 0.05) is 29.2 Å². The molecule has 1 atom stereocenters. The number of aromatic nitrogens is 1. The van der Waals surface area contributed by atoms with Gasteiger partial charge in [0.15, 0.2) is 0 Å². The van der Waals surface area contributed by atoms with Gasteiger partial charge in [-0.3, -0.25) is 4.39 Å². The number of nitrogens with one attached hydrogen (secondary N) is 2. The molecule has 0 spiro atoms. The molecule has 0 aliphatic rings. The second-order valence-electron chi connectivity index (χ2n) is 8.14. The van der Waals surface area contributed by atoms with Crippen molar-refractivity contribution in [1.82, 2.24) is 15.2 Å². The Morgan fingerprint density at radius 3 is 2.56 bits per heavy atom. The average molecular weight is 439 g/mol. The van der Waals surface area contributed by atoms with Gasteiger partial charge in [-0.1, -0.05) is 18.2 Å². The van der Waals surface area contributed by atoms with E-state index >= 15 is 0 Å². The first-order valence-corrected chi connectivity index (χ1v) is 11.3. The van der Waals surface area contributed by atoms with Crippen LogP contribution < -0.4 is 15.4 Å². The number of anilines is 1. The molecule has 32 heavy (non-hydrogen) atoms. The second-order valence-corrected chi connectivity index (χ2v) is 8.14. The minimum absolute atomic E-state index is 0.250. The summed E-state index contributed by atoms with van der Waals surface area (Å²) in [7, 11) is 5.71. The third-order valence-corrected chi connectivity index (χ3v) is 5.86. The first-order chi connectivity index (χ1) is 15.6. The van der Waals surface area contributed by atoms with Crippen molar-refractivity contribution in [2.45, 2.75) is 25.3 Å². The van der Waals surface area contributed by atoms with Gasteiger partial charge in [-0.2, -0.15) is 0 Å². The maximum Gasteiger partial charge on any atom is 0.118 e. The summed E-state index contributed by atoms with van der Waals surface area (Å²) in [4.78, 5) is 7.18. The number of methoxy groups -OCH3 is 1. The molecule has 172 valence electrons. The highest BCUT2D eigenvalue weighted by molar-refractivity contribution is 5.93. The fourth-order valence-corrected chi connectivity index (χ4v) is 3.86. The lowest BCUT2D eigenvalue weighted by Crippen LogP contribution is -2.32. The maximum absolute atomic E-state index is 12.6. The Labute approximate surface area is 191 Å². The molecule has 6 heteroatoms. The van der Waals surface area contributed by atoms with E-state index < -0.39 is 0 Å². The number of ether oxygens (including phenoxy) is 1. The molecule has 0 aliphatic carbocycles. The molecule has 0 saturated carbocycles. The number of rotatable bonds is 13. The quantitative estimate of drug-likeness (QED) is 0.369. The SMILES string of the molecule is CNC(CCF)CCN(C)CCCNc1cc(-c2ccc(OC)cc2)nc2ccccc12. The van der Waals surface area contributed by atoms with Gasteiger partial charge in [0.2, 0.25) is 0 Å². The summed E-state index contributed by atoms with van der Waals surface area (Å²) in [6.07, 6.45) is 2.57. The van der Waals surface area contributed by atoms with E-state index in [-0.39, 0.29) is 12.7 Å². The van der Waals surface area contributed by atoms with Gasteiger partial charge in [0.1, 0.15) is 5.75 Å². The summed E-state index contributed by atoms with van der Waals surface area (Å²) in [6, 6.07) is 18.6. The lowest BCUT2D eigenvalue weighted by atomic mass is 10.1. The van der Waals surface area contributed by atoms with Gasteiger partial charge >= 0.3 is 0 Å².